The largest absolute Gasteiger partial charge is 0.343 e. The fraction of sp³-hybridized carbons (Fsp3) is 0.636. The van der Waals surface area contributed by atoms with Gasteiger partial charge in [-0.1, -0.05) is 11.3 Å². The van der Waals surface area contributed by atoms with E-state index in [4.69, 9.17) is 0 Å². The average molecular weight is 240 g/mol. The molecule has 16 heavy (non-hydrogen) atoms. The summed E-state index contributed by atoms with van der Waals surface area (Å²) in [4.78, 5) is 25.1. The molecule has 1 aromatic heterocycles. The van der Waals surface area contributed by atoms with Crippen LogP contribution in [0.25, 0.3) is 0 Å². The van der Waals surface area contributed by atoms with Gasteiger partial charge in [-0.3, -0.25) is 9.59 Å². The van der Waals surface area contributed by atoms with Crippen molar-refractivity contribution in [2.45, 2.75) is 32.7 Å². The van der Waals surface area contributed by atoms with Gasteiger partial charge in [-0.05, 0) is 19.8 Å². The molecule has 1 amide bonds. The van der Waals surface area contributed by atoms with Crippen LogP contribution in [0.5, 0.6) is 0 Å². The summed E-state index contributed by atoms with van der Waals surface area (Å²) in [6.45, 7) is 4.19. The number of aryl methyl sites for hydroxylation is 1. The van der Waals surface area contributed by atoms with Gasteiger partial charge in [0, 0.05) is 37.1 Å². The van der Waals surface area contributed by atoms with E-state index in [9.17, 15) is 9.59 Å². The standard InChI is InChI=1S/C11H16N2O2S/c1-9-8-16-11(15)13(9)7-4-10(14)12-5-2-3-6-12/h8H,2-7H2,1H3. The van der Waals surface area contributed by atoms with Gasteiger partial charge in [0.2, 0.25) is 5.91 Å². The van der Waals surface area contributed by atoms with Crippen LogP contribution in [-0.4, -0.2) is 28.5 Å². The Bertz CT molecular complexity index is 429. The van der Waals surface area contributed by atoms with Gasteiger partial charge in [0.1, 0.15) is 0 Å². The maximum atomic E-state index is 11.8. The third-order valence-corrected chi connectivity index (χ3v) is 3.87. The van der Waals surface area contributed by atoms with Crippen molar-refractivity contribution in [2.24, 2.45) is 0 Å². The number of hydrogen-bond acceptors (Lipinski definition) is 3. The van der Waals surface area contributed by atoms with Gasteiger partial charge in [-0.25, -0.2) is 0 Å². The van der Waals surface area contributed by atoms with Crippen molar-refractivity contribution in [3.05, 3.63) is 20.7 Å². The second-order valence-electron chi connectivity index (χ2n) is 4.13. The Morgan fingerprint density at radius 3 is 2.69 bits per heavy atom. The summed E-state index contributed by atoms with van der Waals surface area (Å²) >= 11 is 1.20. The molecule has 88 valence electrons. The van der Waals surface area contributed by atoms with Gasteiger partial charge in [0.25, 0.3) is 0 Å². The van der Waals surface area contributed by atoms with Gasteiger partial charge in [0.15, 0.2) is 0 Å². The molecule has 1 saturated heterocycles. The molecule has 4 nitrogen and oxygen atoms in total. The van der Waals surface area contributed by atoms with Gasteiger partial charge in [0.05, 0.1) is 0 Å². The number of likely N-dealkylation sites (tertiary alicyclic amines) is 1. The van der Waals surface area contributed by atoms with Crippen molar-refractivity contribution >= 4 is 17.2 Å². The number of carbonyl (C=O) groups is 1. The highest BCUT2D eigenvalue weighted by atomic mass is 32.1. The first kappa shape index (κ1) is 11.4. The molecular weight excluding hydrogens is 224 g/mol. The Kier molecular flexibility index (Phi) is 3.43. The van der Waals surface area contributed by atoms with E-state index in [1.54, 1.807) is 4.57 Å². The number of rotatable bonds is 3. The molecule has 0 aliphatic carbocycles. The van der Waals surface area contributed by atoms with Crippen molar-refractivity contribution < 1.29 is 4.79 Å². The summed E-state index contributed by atoms with van der Waals surface area (Å²) in [5.41, 5.74) is 0.948. The molecule has 0 saturated carbocycles. The van der Waals surface area contributed by atoms with Crippen molar-refractivity contribution in [3.8, 4) is 0 Å². The normalized spacial score (nSPS) is 15.7. The van der Waals surface area contributed by atoms with Crippen molar-refractivity contribution in [1.82, 2.24) is 9.47 Å². The average Bonchev–Trinajstić information content (AvgIpc) is 2.87. The second kappa shape index (κ2) is 4.82. The minimum atomic E-state index is 0.0340. The molecule has 1 aromatic rings. The van der Waals surface area contributed by atoms with Gasteiger partial charge in [-0.2, -0.15) is 0 Å². The summed E-state index contributed by atoms with van der Waals surface area (Å²) in [5, 5.41) is 1.84. The monoisotopic (exact) mass is 240 g/mol. The zero-order valence-corrected chi connectivity index (χ0v) is 10.3. The molecule has 0 aromatic carbocycles. The summed E-state index contributed by atoms with van der Waals surface area (Å²) in [6.07, 6.45) is 2.67. The lowest BCUT2D eigenvalue weighted by Crippen LogP contribution is -2.29. The predicted octanol–water partition coefficient (Wildman–Crippen LogP) is 1.23. The molecule has 0 radical (unpaired) electrons. The minimum absolute atomic E-state index is 0.0340. The summed E-state index contributed by atoms with van der Waals surface area (Å²) < 4.78 is 1.68. The SMILES string of the molecule is Cc1csc(=O)n1CCC(=O)N1CCCC1. The van der Waals surface area contributed by atoms with Crippen LogP contribution in [0, 0.1) is 6.92 Å². The Morgan fingerprint density at radius 2 is 2.12 bits per heavy atom. The lowest BCUT2D eigenvalue weighted by molar-refractivity contribution is -0.130. The van der Waals surface area contributed by atoms with E-state index >= 15 is 0 Å². The quantitative estimate of drug-likeness (QED) is 0.797. The summed E-state index contributed by atoms with van der Waals surface area (Å²) in [7, 11) is 0. The Hall–Kier alpha value is -1.10. The topological polar surface area (TPSA) is 42.3 Å². The Labute approximate surface area is 98.5 Å². The molecule has 5 heteroatoms. The van der Waals surface area contributed by atoms with E-state index in [1.807, 2.05) is 17.2 Å². The molecule has 1 fully saturated rings. The molecule has 0 unspecified atom stereocenters. The van der Waals surface area contributed by atoms with E-state index in [0.29, 0.717) is 13.0 Å². The first-order chi connectivity index (χ1) is 7.68. The highest BCUT2D eigenvalue weighted by Gasteiger charge is 2.17. The molecular formula is C11H16N2O2S. The highest BCUT2D eigenvalue weighted by molar-refractivity contribution is 7.07. The van der Waals surface area contributed by atoms with Crippen LogP contribution in [0.3, 0.4) is 0 Å². The maximum absolute atomic E-state index is 11.8. The minimum Gasteiger partial charge on any atom is -0.343 e. The van der Waals surface area contributed by atoms with Crippen molar-refractivity contribution in [1.29, 1.82) is 0 Å². The predicted molar refractivity (Wildman–Crippen MR) is 63.7 cm³/mol. The fourth-order valence-electron chi connectivity index (χ4n) is 2.01. The fourth-order valence-corrected chi connectivity index (χ4v) is 2.77. The molecule has 0 bridgehead atoms. The lowest BCUT2D eigenvalue weighted by atomic mass is 10.3. The van der Waals surface area contributed by atoms with E-state index in [1.165, 1.54) is 11.3 Å². The lowest BCUT2D eigenvalue weighted by Gasteiger charge is -2.15. The van der Waals surface area contributed by atoms with Crippen molar-refractivity contribution in [3.63, 3.8) is 0 Å². The first-order valence-corrected chi connectivity index (χ1v) is 6.49. The smallest absolute Gasteiger partial charge is 0.307 e. The van der Waals surface area contributed by atoms with Gasteiger partial charge >= 0.3 is 4.87 Å². The number of aromatic nitrogens is 1. The molecule has 0 spiro atoms. The van der Waals surface area contributed by atoms with E-state index in [0.717, 1.165) is 31.6 Å². The maximum Gasteiger partial charge on any atom is 0.307 e. The molecule has 2 rings (SSSR count). The summed E-state index contributed by atoms with van der Waals surface area (Å²) in [6, 6.07) is 0. The van der Waals surface area contributed by atoms with E-state index in [-0.39, 0.29) is 10.8 Å². The van der Waals surface area contributed by atoms with Crippen LogP contribution in [0.1, 0.15) is 25.0 Å². The number of hydrogen-bond donors (Lipinski definition) is 0. The highest BCUT2D eigenvalue weighted by Crippen LogP contribution is 2.09. The van der Waals surface area contributed by atoms with Crippen LogP contribution in [0.2, 0.25) is 0 Å². The number of thiazole rings is 1. The third kappa shape index (κ3) is 2.35. The van der Waals surface area contributed by atoms with Crippen molar-refractivity contribution in [2.75, 3.05) is 13.1 Å². The molecule has 2 heterocycles. The first-order valence-electron chi connectivity index (χ1n) is 5.61. The Balaban J connectivity index is 1.92. The zero-order chi connectivity index (χ0) is 11.5. The number of nitrogens with zero attached hydrogens (tertiary/aromatic N) is 2. The van der Waals surface area contributed by atoms with Crippen LogP contribution >= 0.6 is 11.3 Å². The van der Waals surface area contributed by atoms with E-state index < -0.39 is 0 Å². The number of carbonyl (C=O) groups excluding carboxylic acids is 1. The van der Waals surface area contributed by atoms with E-state index in [2.05, 4.69) is 0 Å². The molecule has 0 N–H and O–H groups in total. The zero-order valence-electron chi connectivity index (χ0n) is 9.44. The second-order valence-corrected chi connectivity index (χ2v) is 4.95. The Morgan fingerprint density at radius 1 is 1.44 bits per heavy atom. The van der Waals surface area contributed by atoms with Crippen LogP contribution in [0.4, 0.5) is 0 Å². The third-order valence-electron chi connectivity index (χ3n) is 2.98. The van der Waals surface area contributed by atoms with Crippen LogP contribution < -0.4 is 4.87 Å². The van der Waals surface area contributed by atoms with Crippen LogP contribution in [-0.2, 0) is 11.3 Å². The van der Waals surface area contributed by atoms with Gasteiger partial charge in [-0.15, -0.1) is 0 Å². The summed E-state index contributed by atoms with van der Waals surface area (Å²) in [5.74, 6) is 0.176. The molecule has 1 aliphatic rings. The van der Waals surface area contributed by atoms with Gasteiger partial charge < -0.3 is 9.47 Å². The molecule has 0 atom stereocenters. The van der Waals surface area contributed by atoms with Crippen LogP contribution in [0.15, 0.2) is 10.2 Å². The molecule has 1 aliphatic heterocycles. The number of amides is 1.